The van der Waals surface area contributed by atoms with Crippen LogP contribution in [0.1, 0.15) is 0 Å². The molecule has 1 aromatic heterocycles. The van der Waals surface area contributed by atoms with E-state index in [-0.39, 0.29) is 0 Å². The Hall–Kier alpha value is -4.90. The molecule has 1 aliphatic heterocycles. The molecule has 0 atom stereocenters. The maximum absolute atomic E-state index is 4.84. The molecule has 0 aliphatic carbocycles. The highest BCUT2D eigenvalue weighted by molar-refractivity contribution is 8.05. The highest BCUT2D eigenvalue weighted by Crippen LogP contribution is 2.49. The summed E-state index contributed by atoms with van der Waals surface area (Å²) in [5, 5.41) is 7.48. The molecule has 0 fully saturated rings. The van der Waals surface area contributed by atoms with Crippen molar-refractivity contribution in [1.82, 2.24) is 9.97 Å². The summed E-state index contributed by atoms with van der Waals surface area (Å²) in [6, 6.07) is 48.0. The van der Waals surface area contributed by atoms with Crippen molar-refractivity contribution in [3.63, 3.8) is 0 Å². The third-order valence-corrected chi connectivity index (χ3v) is 11.0. The molecule has 9 rings (SSSR count). The molecule has 206 valence electrons. The molecule has 2 heterocycles. The van der Waals surface area contributed by atoms with Crippen LogP contribution in [0.25, 0.3) is 66.0 Å². The molecule has 0 saturated heterocycles. The highest BCUT2D eigenvalue weighted by Gasteiger charge is 2.18. The van der Waals surface area contributed by atoms with Gasteiger partial charge in [-0.2, -0.15) is 0 Å². The van der Waals surface area contributed by atoms with E-state index >= 15 is 0 Å². The van der Waals surface area contributed by atoms with Crippen LogP contribution < -0.4 is 0 Å². The summed E-state index contributed by atoms with van der Waals surface area (Å²) in [4.78, 5) is 14.9. The van der Waals surface area contributed by atoms with Crippen LogP contribution in [0.5, 0.6) is 0 Å². The Kier molecular flexibility index (Phi) is 6.03. The van der Waals surface area contributed by atoms with E-state index in [1.807, 2.05) is 35.9 Å². The molecule has 0 saturated carbocycles. The Morgan fingerprint density at radius 1 is 0.318 bits per heavy atom. The predicted molar refractivity (Wildman–Crippen MR) is 186 cm³/mol. The molecule has 1 aliphatic rings. The summed E-state index contributed by atoms with van der Waals surface area (Å²) in [5.74, 6) is 0.732. The van der Waals surface area contributed by atoms with Gasteiger partial charge in [0, 0.05) is 43.1 Å². The van der Waals surface area contributed by atoms with Crippen LogP contribution in [-0.2, 0) is 0 Å². The maximum atomic E-state index is 4.84. The monoisotopic (exact) mass is 596 g/mol. The largest absolute Gasteiger partial charge is 0.236 e. The van der Waals surface area contributed by atoms with E-state index in [0.717, 1.165) is 22.5 Å². The minimum atomic E-state index is 0.732. The normalized spacial score (nSPS) is 12.4. The van der Waals surface area contributed by atoms with Gasteiger partial charge < -0.3 is 0 Å². The lowest BCUT2D eigenvalue weighted by Gasteiger charge is -2.18. The van der Waals surface area contributed by atoms with Crippen molar-refractivity contribution in [2.24, 2.45) is 0 Å². The number of fused-ring (bicyclic) bond motifs is 8. The fraction of sp³-hybridized carbons (Fsp3) is 0. The molecule has 8 aromatic rings. The lowest BCUT2D eigenvalue weighted by atomic mass is 9.91. The third kappa shape index (κ3) is 4.29. The minimum Gasteiger partial charge on any atom is -0.236 e. The van der Waals surface area contributed by atoms with E-state index < -0.39 is 0 Å². The van der Waals surface area contributed by atoms with Gasteiger partial charge in [0.2, 0.25) is 0 Å². The number of benzene rings is 7. The van der Waals surface area contributed by atoms with Crippen LogP contribution in [-0.4, -0.2) is 9.97 Å². The highest BCUT2D eigenvalue weighted by atomic mass is 32.2. The van der Waals surface area contributed by atoms with Crippen molar-refractivity contribution in [1.29, 1.82) is 0 Å². The molecule has 4 heteroatoms. The Labute approximate surface area is 263 Å². The summed E-state index contributed by atoms with van der Waals surface area (Å²) in [6.45, 7) is 0. The molecular weight excluding hydrogens is 573 g/mol. The van der Waals surface area contributed by atoms with Crippen molar-refractivity contribution in [3.8, 4) is 33.6 Å². The smallest absolute Gasteiger partial charge is 0.159 e. The van der Waals surface area contributed by atoms with Gasteiger partial charge in [-0.25, -0.2) is 9.97 Å². The number of hydrogen-bond acceptors (Lipinski definition) is 4. The van der Waals surface area contributed by atoms with Crippen molar-refractivity contribution < 1.29 is 0 Å². The first-order valence-electron chi connectivity index (χ1n) is 14.6. The second-order valence-corrected chi connectivity index (χ2v) is 13.2. The van der Waals surface area contributed by atoms with Gasteiger partial charge in [0.25, 0.3) is 0 Å². The molecule has 0 radical (unpaired) electrons. The van der Waals surface area contributed by atoms with Crippen LogP contribution in [0.4, 0.5) is 0 Å². The van der Waals surface area contributed by atoms with Crippen LogP contribution in [0.2, 0.25) is 0 Å². The van der Waals surface area contributed by atoms with E-state index in [1.165, 1.54) is 63.0 Å². The predicted octanol–water partition coefficient (Wildman–Crippen LogP) is 11.6. The lowest BCUT2D eigenvalue weighted by molar-refractivity contribution is 1.15. The topological polar surface area (TPSA) is 25.8 Å². The van der Waals surface area contributed by atoms with E-state index in [4.69, 9.17) is 9.97 Å². The van der Waals surface area contributed by atoms with Crippen LogP contribution >= 0.6 is 23.5 Å². The number of hydrogen-bond donors (Lipinski definition) is 0. The maximum Gasteiger partial charge on any atom is 0.159 e. The summed E-state index contributed by atoms with van der Waals surface area (Å²) < 4.78 is 0. The third-order valence-electron chi connectivity index (χ3n) is 8.42. The van der Waals surface area contributed by atoms with E-state index in [0.29, 0.717) is 0 Å². The average Bonchev–Trinajstić information content (AvgIpc) is 3.10. The van der Waals surface area contributed by atoms with Crippen molar-refractivity contribution in [3.05, 3.63) is 146 Å². The summed E-state index contributed by atoms with van der Waals surface area (Å²) in [5.41, 5.74) is 5.63. The van der Waals surface area contributed by atoms with Crippen LogP contribution in [0.15, 0.2) is 165 Å². The van der Waals surface area contributed by atoms with Gasteiger partial charge in [0.15, 0.2) is 5.82 Å². The SMILES string of the molecule is c1ccc(-c2ccc3c4ccc(-c5ncc(-c6ccc7c(c6)Sc6ccccc6S7)cn5)cc4c4ccccc4c3c2)cc1. The van der Waals surface area contributed by atoms with E-state index in [2.05, 4.69) is 133 Å². The zero-order valence-corrected chi connectivity index (χ0v) is 25.2. The van der Waals surface area contributed by atoms with Gasteiger partial charge in [0.1, 0.15) is 0 Å². The Morgan fingerprint density at radius 2 is 0.818 bits per heavy atom. The van der Waals surface area contributed by atoms with Crippen molar-refractivity contribution in [2.45, 2.75) is 19.6 Å². The summed E-state index contributed by atoms with van der Waals surface area (Å²) >= 11 is 3.67. The standard InChI is InChI=1S/C40H24N2S2/c1-2-8-25(9-3-1)26-14-17-32-33-18-15-28(21-35(33)31-11-5-4-10-30(31)34(32)20-26)40-41-23-29(24-42-40)27-16-19-38-39(22-27)44-37-13-7-6-12-36(37)43-38/h1-24H. The zero-order valence-electron chi connectivity index (χ0n) is 23.6. The number of nitrogens with zero attached hydrogens (tertiary/aromatic N) is 2. The average molecular weight is 597 g/mol. The Bertz CT molecular complexity index is 2360. The zero-order chi connectivity index (χ0) is 29.0. The Morgan fingerprint density at radius 3 is 1.52 bits per heavy atom. The first kappa shape index (κ1) is 25.6. The quantitative estimate of drug-likeness (QED) is 0.190. The Balaban J connectivity index is 1.10. The minimum absolute atomic E-state index is 0.732. The van der Waals surface area contributed by atoms with Gasteiger partial charge in [-0.05, 0) is 85.4 Å². The number of rotatable bonds is 3. The number of aromatic nitrogens is 2. The molecule has 2 nitrogen and oxygen atoms in total. The molecule has 0 amide bonds. The molecule has 44 heavy (non-hydrogen) atoms. The van der Waals surface area contributed by atoms with Gasteiger partial charge in [-0.1, -0.05) is 121 Å². The van der Waals surface area contributed by atoms with Gasteiger partial charge in [-0.3, -0.25) is 0 Å². The van der Waals surface area contributed by atoms with Gasteiger partial charge in [0.05, 0.1) is 0 Å². The van der Waals surface area contributed by atoms with Crippen LogP contribution in [0, 0.1) is 0 Å². The van der Waals surface area contributed by atoms with Crippen molar-refractivity contribution >= 4 is 55.8 Å². The summed E-state index contributed by atoms with van der Waals surface area (Å²) in [6.07, 6.45) is 3.90. The van der Waals surface area contributed by atoms with Crippen LogP contribution in [0.3, 0.4) is 0 Å². The fourth-order valence-electron chi connectivity index (χ4n) is 6.24. The van der Waals surface area contributed by atoms with Gasteiger partial charge >= 0.3 is 0 Å². The molecule has 0 unspecified atom stereocenters. The molecule has 0 bridgehead atoms. The fourth-order valence-corrected chi connectivity index (χ4v) is 8.49. The van der Waals surface area contributed by atoms with E-state index in [9.17, 15) is 0 Å². The molecular formula is C40H24N2S2. The first-order valence-corrected chi connectivity index (χ1v) is 16.3. The van der Waals surface area contributed by atoms with Crippen molar-refractivity contribution in [2.75, 3.05) is 0 Å². The molecule has 0 N–H and O–H groups in total. The second kappa shape index (κ2) is 10.4. The first-order chi connectivity index (χ1) is 21.8. The molecule has 0 spiro atoms. The van der Waals surface area contributed by atoms with E-state index in [1.54, 1.807) is 0 Å². The van der Waals surface area contributed by atoms with Gasteiger partial charge in [-0.15, -0.1) is 0 Å². The lowest BCUT2D eigenvalue weighted by Crippen LogP contribution is -1.93. The summed E-state index contributed by atoms with van der Waals surface area (Å²) in [7, 11) is 0. The second-order valence-electron chi connectivity index (χ2n) is 11.0. The molecule has 7 aromatic carbocycles.